The van der Waals surface area contributed by atoms with Crippen molar-refractivity contribution >= 4 is 16.8 Å². The van der Waals surface area contributed by atoms with E-state index in [4.69, 9.17) is 4.74 Å². The zero-order chi connectivity index (χ0) is 20.2. The normalized spacial score (nSPS) is 16.1. The summed E-state index contributed by atoms with van der Waals surface area (Å²) in [6.45, 7) is 6.52. The zero-order valence-corrected chi connectivity index (χ0v) is 17.2. The number of nitrogens with one attached hydrogen (secondary N) is 1. The minimum Gasteiger partial charge on any atom is -0.379 e. The van der Waals surface area contributed by atoms with E-state index < -0.39 is 0 Å². The Kier molecular flexibility index (Phi) is 5.97. The van der Waals surface area contributed by atoms with Gasteiger partial charge in [0.25, 0.3) is 5.91 Å². The van der Waals surface area contributed by atoms with Crippen molar-refractivity contribution in [3.8, 4) is 0 Å². The number of carbonyl (C=O) groups is 1. The molecule has 1 N–H and O–H groups in total. The van der Waals surface area contributed by atoms with E-state index in [0.29, 0.717) is 5.56 Å². The molecule has 152 valence electrons. The summed E-state index contributed by atoms with van der Waals surface area (Å²) in [5.41, 5.74) is 4.18. The number of morpholine rings is 1. The highest BCUT2D eigenvalue weighted by molar-refractivity contribution is 5.99. The summed E-state index contributed by atoms with van der Waals surface area (Å²) in [6, 6.07) is 16.2. The van der Waals surface area contributed by atoms with Crippen LogP contribution in [0.15, 0.2) is 54.7 Å². The first-order valence-electron chi connectivity index (χ1n) is 10.3. The van der Waals surface area contributed by atoms with E-state index >= 15 is 0 Å². The molecule has 1 aromatic heterocycles. The Morgan fingerprint density at radius 3 is 2.66 bits per heavy atom. The van der Waals surface area contributed by atoms with E-state index in [1.807, 2.05) is 43.4 Å². The summed E-state index contributed by atoms with van der Waals surface area (Å²) < 4.78 is 7.55. The van der Waals surface area contributed by atoms with E-state index in [2.05, 4.69) is 40.0 Å². The van der Waals surface area contributed by atoms with Crippen LogP contribution in [0, 0.1) is 6.92 Å². The average Bonchev–Trinajstić information content (AvgIpc) is 3.05. The molecule has 2 aromatic carbocycles. The second-order valence-electron chi connectivity index (χ2n) is 7.83. The smallest absolute Gasteiger partial charge is 0.251 e. The van der Waals surface area contributed by atoms with Gasteiger partial charge in [-0.05, 0) is 42.7 Å². The van der Waals surface area contributed by atoms with Crippen LogP contribution in [0.3, 0.4) is 0 Å². The molecule has 5 nitrogen and oxygen atoms in total. The highest BCUT2D eigenvalue weighted by Crippen LogP contribution is 2.23. The van der Waals surface area contributed by atoms with Gasteiger partial charge in [0.1, 0.15) is 0 Å². The molecular formula is C24H29N3O2. The van der Waals surface area contributed by atoms with Gasteiger partial charge in [0.05, 0.1) is 19.3 Å². The van der Waals surface area contributed by atoms with Crippen molar-refractivity contribution in [1.82, 2.24) is 14.8 Å². The fourth-order valence-electron chi connectivity index (χ4n) is 4.12. The van der Waals surface area contributed by atoms with Crippen molar-refractivity contribution < 1.29 is 9.53 Å². The molecule has 0 aliphatic carbocycles. The van der Waals surface area contributed by atoms with Crippen molar-refractivity contribution in [2.75, 3.05) is 32.8 Å². The zero-order valence-electron chi connectivity index (χ0n) is 17.2. The Morgan fingerprint density at radius 2 is 1.90 bits per heavy atom. The second-order valence-corrected chi connectivity index (χ2v) is 7.83. The molecule has 0 unspecified atom stereocenters. The number of amides is 1. The highest BCUT2D eigenvalue weighted by atomic mass is 16.5. The number of benzene rings is 2. The maximum atomic E-state index is 13.1. The largest absolute Gasteiger partial charge is 0.379 e. The van der Waals surface area contributed by atoms with Crippen LogP contribution in [-0.4, -0.2) is 48.2 Å². The number of aryl methyl sites for hydroxylation is 2. The maximum Gasteiger partial charge on any atom is 0.251 e. The Morgan fingerprint density at radius 1 is 1.14 bits per heavy atom. The van der Waals surface area contributed by atoms with Gasteiger partial charge in [0.15, 0.2) is 0 Å². The molecule has 1 saturated heterocycles. The number of ether oxygens (including phenoxy) is 1. The molecule has 0 saturated carbocycles. The monoisotopic (exact) mass is 391 g/mol. The number of hydrogen-bond donors (Lipinski definition) is 1. The van der Waals surface area contributed by atoms with Crippen LogP contribution in [0.1, 0.15) is 33.9 Å². The van der Waals surface area contributed by atoms with Crippen LogP contribution in [0.5, 0.6) is 0 Å². The second kappa shape index (κ2) is 8.80. The van der Waals surface area contributed by atoms with E-state index in [0.717, 1.165) is 55.7 Å². The van der Waals surface area contributed by atoms with Gasteiger partial charge >= 0.3 is 0 Å². The molecule has 2 heterocycles. The van der Waals surface area contributed by atoms with Crippen LogP contribution in [-0.2, 0) is 11.8 Å². The number of rotatable bonds is 6. The summed E-state index contributed by atoms with van der Waals surface area (Å²) in [6.07, 6.45) is 2.98. The summed E-state index contributed by atoms with van der Waals surface area (Å²) in [5.74, 6) is -0.0222. The minimum absolute atomic E-state index is 0.0147. The minimum atomic E-state index is -0.0222. The van der Waals surface area contributed by atoms with Gasteiger partial charge in [-0.25, -0.2) is 0 Å². The third-order valence-corrected chi connectivity index (χ3v) is 5.80. The molecule has 29 heavy (non-hydrogen) atoms. The van der Waals surface area contributed by atoms with Crippen molar-refractivity contribution in [1.29, 1.82) is 0 Å². The molecule has 4 rings (SSSR count). The van der Waals surface area contributed by atoms with Crippen LogP contribution in [0.2, 0.25) is 0 Å². The van der Waals surface area contributed by atoms with Gasteiger partial charge in [0, 0.05) is 49.3 Å². The first-order valence-corrected chi connectivity index (χ1v) is 10.3. The standard InChI is InChI=1S/C24H29N3O2/c1-18-17-26(2)23-9-8-20(16-21(18)23)24(28)25-22(19-6-4-3-5-7-19)10-11-27-12-14-29-15-13-27/h3-9,16-17,22H,10-15H2,1-2H3,(H,25,28)/t22-/m0/s1. The number of nitrogens with zero attached hydrogens (tertiary/aromatic N) is 2. The Balaban J connectivity index is 1.51. The lowest BCUT2D eigenvalue weighted by molar-refractivity contribution is 0.0360. The predicted octanol–water partition coefficient (Wildman–Crippen LogP) is 3.68. The third kappa shape index (κ3) is 4.52. The molecule has 1 amide bonds. The summed E-state index contributed by atoms with van der Waals surface area (Å²) >= 11 is 0. The molecule has 0 bridgehead atoms. The summed E-state index contributed by atoms with van der Waals surface area (Å²) in [5, 5.41) is 4.41. The molecule has 1 fully saturated rings. The van der Waals surface area contributed by atoms with Gasteiger partial charge in [-0.15, -0.1) is 0 Å². The first-order chi connectivity index (χ1) is 14.1. The average molecular weight is 392 g/mol. The lowest BCUT2D eigenvalue weighted by atomic mass is 10.0. The number of hydrogen-bond acceptors (Lipinski definition) is 3. The topological polar surface area (TPSA) is 46.5 Å². The molecule has 1 aliphatic heterocycles. The van der Waals surface area contributed by atoms with Crippen molar-refractivity contribution in [3.05, 3.63) is 71.4 Å². The van der Waals surface area contributed by atoms with Crippen molar-refractivity contribution in [2.24, 2.45) is 7.05 Å². The molecule has 0 radical (unpaired) electrons. The molecule has 3 aromatic rings. The highest BCUT2D eigenvalue weighted by Gasteiger charge is 2.19. The van der Waals surface area contributed by atoms with Gasteiger partial charge in [-0.1, -0.05) is 30.3 Å². The Bertz CT molecular complexity index is 974. The van der Waals surface area contributed by atoms with E-state index in [-0.39, 0.29) is 11.9 Å². The third-order valence-electron chi connectivity index (χ3n) is 5.80. The first kappa shape index (κ1) is 19.7. The van der Waals surface area contributed by atoms with Gasteiger partial charge in [0.2, 0.25) is 0 Å². The van der Waals surface area contributed by atoms with E-state index in [1.54, 1.807) is 0 Å². The molecule has 1 atom stereocenters. The predicted molar refractivity (Wildman–Crippen MR) is 116 cm³/mol. The lowest BCUT2D eigenvalue weighted by Crippen LogP contribution is -2.39. The summed E-state index contributed by atoms with van der Waals surface area (Å²) in [4.78, 5) is 15.5. The maximum absolute atomic E-state index is 13.1. The van der Waals surface area contributed by atoms with Crippen LogP contribution < -0.4 is 5.32 Å². The molecule has 1 aliphatic rings. The lowest BCUT2D eigenvalue weighted by Gasteiger charge is -2.29. The van der Waals surface area contributed by atoms with Gasteiger partial charge in [-0.3, -0.25) is 9.69 Å². The van der Waals surface area contributed by atoms with Crippen LogP contribution >= 0.6 is 0 Å². The van der Waals surface area contributed by atoms with Crippen LogP contribution in [0.25, 0.3) is 10.9 Å². The molecule has 5 heteroatoms. The Hall–Kier alpha value is -2.63. The quantitative estimate of drug-likeness (QED) is 0.697. The fraction of sp³-hybridized carbons (Fsp3) is 0.375. The van der Waals surface area contributed by atoms with Gasteiger partial charge in [-0.2, -0.15) is 0 Å². The van der Waals surface area contributed by atoms with Crippen LogP contribution in [0.4, 0.5) is 0 Å². The SMILES string of the molecule is Cc1cn(C)c2ccc(C(=O)N[C@@H](CCN3CCOCC3)c3ccccc3)cc12. The van der Waals surface area contributed by atoms with E-state index in [1.165, 1.54) is 5.56 Å². The number of aromatic nitrogens is 1. The fourth-order valence-corrected chi connectivity index (χ4v) is 4.12. The number of carbonyl (C=O) groups excluding carboxylic acids is 1. The Labute approximate surface area is 172 Å². The molecular weight excluding hydrogens is 362 g/mol. The van der Waals surface area contributed by atoms with E-state index in [9.17, 15) is 4.79 Å². The molecule has 0 spiro atoms. The number of fused-ring (bicyclic) bond motifs is 1. The van der Waals surface area contributed by atoms with Gasteiger partial charge < -0.3 is 14.6 Å². The van der Waals surface area contributed by atoms with Crippen molar-refractivity contribution in [2.45, 2.75) is 19.4 Å². The summed E-state index contributed by atoms with van der Waals surface area (Å²) in [7, 11) is 2.03. The van der Waals surface area contributed by atoms with Crippen molar-refractivity contribution in [3.63, 3.8) is 0 Å².